The molecular weight excluding hydrogens is 564 g/mol. The van der Waals surface area contributed by atoms with Gasteiger partial charge in [-0.15, -0.1) is 0 Å². The van der Waals surface area contributed by atoms with E-state index in [2.05, 4.69) is 69.2 Å². The Kier molecular flexibility index (Phi) is 30.8. The first-order valence-electron chi connectivity index (χ1n) is 20.7. The molecule has 0 aromatic heterocycles. The van der Waals surface area contributed by atoms with Gasteiger partial charge < -0.3 is 14.6 Å². The molecule has 0 aromatic carbocycles. The Morgan fingerprint density at radius 2 is 0.652 bits per heavy atom. The van der Waals surface area contributed by atoms with Gasteiger partial charge in [-0.05, 0) is 60.2 Å². The van der Waals surface area contributed by atoms with E-state index in [1.54, 1.807) is 0 Å². The fourth-order valence-corrected chi connectivity index (χ4v) is 6.96. The van der Waals surface area contributed by atoms with E-state index in [1.165, 1.54) is 116 Å². The normalized spacial score (nSPS) is 16.9. The van der Waals surface area contributed by atoms with Crippen LogP contribution in [-0.4, -0.2) is 37.6 Å². The van der Waals surface area contributed by atoms with Gasteiger partial charge in [0.15, 0.2) is 0 Å². The highest BCUT2D eigenvalue weighted by Crippen LogP contribution is 2.24. The summed E-state index contributed by atoms with van der Waals surface area (Å²) >= 11 is 0. The first-order valence-corrected chi connectivity index (χ1v) is 20.7. The van der Waals surface area contributed by atoms with Crippen LogP contribution in [0.15, 0.2) is 0 Å². The molecule has 278 valence electrons. The summed E-state index contributed by atoms with van der Waals surface area (Å²) in [5.74, 6) is 6.57. The van der Waals surface area contributed by atoms with Crippen molar-refractivity contribution in [3.05, 3.63) is 0 Å². The summed E-state index contributed by atoms with van der Waals surface area (Å²) in [4.78, 5) is 0. The third-order valence-electron chi connectivity index (χ3n) is 10.8. The fourth-order valence-electron chi connectivity index (χ4n) is 6.96. The van der Waals surface area contributed by atoms with Crippen molar-refractivity contribution in [1.29, 1.82) is 0 Å². The molecule has 0 fully saturated rings. The molecule has 0 unspecified atom stereocenters. The van der Waals surface area contributed by atoms with Crippen molar-refractivity contribution < 1.29 is 14.6 Å². The maximum Gasteiger partial charge on any atom is 0.104 e. The third-order valence-corrected chi connectivity index (χ3v) is 10.8. The monoisotopic (exact) mass is 653 g/mol. The SMILES string of the molecule is CC(C)CCC[C@@H](C)CCC[C@@H](C)CCC[C@@H](C)CCO[C@@H](CO)COCC[C@@H](C)CCC[C@@H](C)CCC[C@@H](C)CCCC(C)C. The third kappa shape index (κ3) is 31.2. The van der Waals surface area contributed by atoms with E-state index in [0.29, 0.717) is 18.4 Å². The number of aliphatic hydroxyl groups excluding tert-OH is 1. The number of hydrogen-bond donors (Lipinski definition) is 1. The van der Waals surface area contributed by atoms with Crippen molar-refractivity contribution in [3.63, 3.8) is 0 Å². The van der Waals surface area contributed by atoms with E-state index in [4.69, 9.17) is 9.47 Å². The summed E-state index contributed by atoms with van der Waals surface area (Å²) in [6, 6.07) is 0. The number of aliphatic hydroxyl groups is 1. The Hall–Kier alpha value is -0.120. The summed E-state index contributed by atoms with van der Waals surface area (Å²) in [7, 11) is 0. The van der Waals surface area contributed by atoms with Gasteiger partial charge in [-0.3, -0.25) is 0 Å². The molecule has 3 heteroatoms. The van der Waals surface area contributed by atoms with Crippen molar-refractivity contribution >= 4 is 0 Å². The molecule has 0 aliphatic rings. The quantitative estimate of drug-likeness (QED) is 0.0703. The van der Waals surface area contributed by atoms with E-state index in [1.807, 2.05) is 0 Å². The summed E-state index contributed by atoms with van der Waals surface area (Å²) < 4.78 is 11.9. The molecule has 46 heavy (non-hydrogen) atoms. The Balaban J connectivity index is 3.77. The second-order valence-electron chi connectivity index (χ2n) is 17.3. The number of ether oxygens (including phenoxy) is 2. The topological polar surface area (TPSA) is 38.7 Å². The van der Waals surface area contributed by atoms with Crippen LogP contribution < -0.4 is 0 Å². The molecule has 0 aliphatic carbocycles. The van der Waals surface area contributed by atoms with Crippen LogP contribution in [0.2, 0.25) is 0 Å². The van der Waals surface area contributed by atoms with Gasteiger partial charge in [-0.25, -0.2) is 0 Å². The molecular formula is C43H88O3. The van der Waals surface area contributed by atoms with Crippen LogP contribution in [-0.2, 0) is 9.47 Å². The number of rotatable bonds is 34. The minimum atomic E-state index is -0.186. The standard InChI is InChI=1S/C43H88O3/c1-35(2)17-11-19-37(5)21-13-23-39(7)25-15-27-41(9)29-31-45-34-43(33-44)46-32-30-42(10)28-16-26-40(8)24-14-22-38(6)20-12-18-36(3)4/h35-44H,11-34H2,1-10H3/t37-,38+,39-,40+,41-,42+,43-/m0/s1. The van der Waals surface area contributed by atoms with Gasteiger partial charge in [0.1, 0.15) is 6.10 Å². The van der Waals surface area contributed by atoms with Crippen molar-refractivity contribution in [3.8, 4) is 0 Å². The molecule has 0 saturated heterocycles. The first-order chi connectivity index (χ1) is 21.9. The molecule has 0 heterocycles. The highest BCUT2D eigenvalue weighted by Gasteiger charge is 2.13. The van der Waals surface area contributed by atoms with Gasteiger partial charge in [-0.2, -0.15) is 0 Å². The van der Waals surface area contributed by atoms with E-state index in [0.717, 1.165) is 61.6 Å². The summed E-state index contributed by atoms with van der Waals surface area (Å²) in [6.07, 6.45) is 26.8. The van der Waals surface area contributed by atoms with Gasteiger partial charge in [-0.1, -0.05) is 185 Å². The molecule has 0 aliphatic heterocycles. The molecule has 0 bridgehead atoms. The highest BCUT2D eigenvalue weighted by molar-refractivity contribution is 4.64. The molecule has 0 spiro atoms. The summed E-state index contributed by atoms with van der Waals surface area (Å²) in [5, 5.41) is 9.78. The largest absolute Gasteiger partial charge is 0.394 e. The Labute approximate surface area is 291 Å². The van der Waals surface area contributed by atoms with Crippen LogP contribution >= 0.6 is 0 Å². The smallest absolute Gasteiger partial charge is 0.104 e. The van der Waals surface area contributed by atoms with Crippen LogP contribution in [0.5, 0.6) is 0 Å². The molecule has 0 rings (SSSR count). The zero-order valence-electron chi connectivity index (χ0n) is 33.4. The Morgan fingerprint density at radius 3 is 0.957 bits per heavy atom. The average Bonchev–Trinajstić information content (AvgIpc) is 2.98. The van der Waals surface area contributed by atoms with Crippen molar-refractivity contribution in [2.75, 3.05) is 26.4 Å². The van der Waals surface area contributed by atoms with E-state index in [-0.39, 0.29) is 12.7 Å². The lowest BCUT2D eigenvalue weighted by Crippen LogP contribution is -2.25. The van der Waals surface area contributed by atoms with Crippen LogP contribution in [0.3, 0.4) is 0 Å². The van der Waals surface area contributed by atoms with Crippen LogP contribution in [0, 0.1) is 47.3 Å². The first kappa shape index (κ1) is 45.9. The molecule has 7 atom stereocenters. The van der Waals surface area contributed by atoms with Crippen molar-refractivity contribution in [2.45, 2.75) is 204 Å². The van der Waals surface area contributed by atoms with Crippen molar-refractivity contribution in [1.82, 2.24) is 0 Å². The van der Waals surface area contributed by atoms with Gasteiger partial charge in [0.05, 0.1) is 13.2 Å². The highest BCUT2D eigenvalue weighted by atomic mass is 16.5. The molecule has 0 radical (unpaired) electrons. The molecule has 0 aromatic rings. The van der Waals surface area contributed by atoms with Crippen LogP contribution in [0.1, 0.15) is 198 Å². The summed E-state index contributed by atoms with van der Waals surface area (Å²) in [5.41, 5.74) is 0. The minimum absolute atomic E-state index is 0.0480. The Bertz CT molecular complexity index is 619. The lowest BCUT2D eigenvalue weighted by molar-refractivity contribution is -0.0471. The van der Waals surface area contributed by atoms with E-state index < -0.39 is 0 Å². The van der Waals surface area contributed by atoms with Gasteiger partial charge in [0, 0.05) is 13.2 Å². The zero-order valence-corrected chi connectivity index (χ0v) is 33.4. The molecule has 0 amide bonds. The second kappa shape index (κ2) is 30.9. The van der Waals surface area contributed by atoms with Crippen molar-refractivity contribution in [2.24, 2.45) is 47.3 Å². The van der Waals surface area contributed by atoms with Gasteiger partial charge in [0.2, 0.25) is 0 Å². The maximum atomic E-state index is 9.78. The maximum absolute atomic E-state index is 9.78. The van der Waals surface area contributed by atoms with Gasteiger partial charge >= 0.3 is 0 Å². The predicted octanol–water partition coefficient (Wildman–Crippen LogP) is 13.3. The predicted molar refractivity (Wildman–Crippen MR) is 205 cm³/mol. The van der Waals surface area contributed by atoms with E-state index in [9.17, 15) is 5.11 Å². The second-order valence-corrected chi connectivity index (χ2v) is 17.3. The lowest BCUT2D eigenvalue weighted by atomic mass is 9.91. The van der Waals surface area contributed by atoms with Crippen LogP contribution in [0.4, 0.5) is 0 Å². The molecule has 3 nitrogen and oxygen atoms in total. The fraction of sp³-hybridized carbons (Fsp3) is 1.00. The van der Waals surface area contributed by atoms with Crippen LogP contribution in [0.25, 0.3) is 0 Å². The lowest BCUT2D eigenvalue weighted by Gasteiger charge is -2.19. The molecule has 1 N–H and O–H groups in total. The minimum Gasteiger partial charge on any atom is -0.394 e. The number of hydrogen-bond acceptors (Lipinski definition) is 3. The van der Waals surface area contributed by atoms with Gasteiger partial charge in [0.25, 0.3) is 0 Å². The zero-order chi connectivity index (χ0) is 34.6. The Morgan fingerprint density at radius 1 is 0.370 bits per heavy atom. The average molecular weight is 653 g/mol. The van der Waals surface area contributed by atoms with E-state index >= 15 is 0 Å². The summed E-state index contributed by atoms with van der Waals surface area (Å²) in [6.45, 7) is 25.9. The molecule has 0 saturated carbocycles.